The molecule has 0 unspecified atom stereocenters. The van der Waals surface area contributed by atoms with Gasteiger partial charge in [0.05, 0.1) is 5.69 Å². The third-order valence-electron chi connectivity index (χ3n) is 11.4. The highest BCUT2D eigenvalue weighted by Crippen LogP contribution is 2.55. The number of anilines is 3. The Balaban J connectivity index is 1.21. The van der Waals surface area contributed by atoms with Crippen molar-refractivity contribution in [3.63, 3.8) is 0 Å². The standard InChI is InChI=1S/C49H38F3NO/c1-47(2)41-18-10-8-16-38(41)39-27-23-33(29-43(39)47)53(45-20-11-9-15-36(45)31-13-6-5-7-14-31)34-24-28-40-44(30-34)48(3,4)42-19-12-17-37(46(40)42)32-21-25-35(26-22-32)54-49(50,51)52/h5-30H,1-4H3. The normalized spacial score (nSPS) is 14.5. The van der Waals surface area contributed by atoms with E-state index in [4.69, 9.17) is 0 Å². The lowest BCUT2D eigenvalue weighted by molar-refractivity contribution is -0.274. The van der Waals surface area contributed by atoms with E-state index in [9.17, 15) is 13.2 Å². The minimum atomic E-state index is -4.74. The molecule has 0 bridgehead atoms. The molecule has 0 aromatic heterocycles. The molecule has 0 N–H and O–H groups in total. The number of halogens is 3. The van der Waals surface area contributed by atoms with Crippen LogP contribution in [0.1, 0.15) is 49.9 Å². The molecule has 0 spiro atoms. The van der Waals surface area contributed by atoms with Crippen LogP contribution in [-0.2, 0) is 10.8 Å². The second-order valence-electron chi connectivity index (χ2n) is 15.3. The van der Waals surface area contributed by atoms with Gasteiger partial charge < -0.3 is 9.64 Å². The van der Waals surface area contributed by atoms with Crippen molar-refractivity contribution in [3.05, 3.63) is 180 Å². The third-order valence-corrected chi connectivity index (χ3v) is 11.4. The molecule has 0 fully saturated rings. The number of nitrogens with zero attached hydrogens (tertiary/aromatic N) is 1. The Hall–Kier alpha value is -6.07. The molecule has 2 nitrogen and oxygen atoms in total. The van der Waals surface area contributed by atoms with Crippen LogP contribution in [-0.4, -0.2) is 6.36 Å². The summed E-state index contributed by atoms with van der Waals surface area (Å²) in [6.45, 7) is 9.13. The van der Waals surface area contributed by atoms with Gasteiger partial charge in [-0.05, 0) is 104 Å². The number of hydrogen-bond acceptors (Lipinski definition) is 2. The molecule has 0 radical (unpaired) electrons. The van der Waals surface area contributed by atoms with Crippen LogP contribution in [0.2, 0.25) is 0 Å². The summed E-state index contributed by atoms with van der Waals surface area (Å²) in [5.41, 5.74) is 16.5. The molecule has 0 heterocycles. The Morgan fingerprint density at radius 3 is 1.67 bits per heavy atom. The van der Waals surface area contributed by atoms with Crippen LogP contribution in [0.4, 0.5) is 30.2 Å². The van der Waals surface area contributed by atoms with Gasteiger partial charge in [-0.25, -0.2) is 0 Å². The Morgan fingerprint density at radius 2 is 0.963 bits per heavy atom. The largest absolute Gasteiger partial charge is 0.573 e. The second kappa shape index (κ2) is 12.2. The van der Waals surface area contributed by atoms with Crippen molar-refractivity contribution in [3.8, 4) is 50.3 Å². The van der Waals surface area contributed by atoms with Crippen molar-refractivity contribution >= 4 is 17.1 Å². The van der Waals surface area contributed by atoms with E-state index in [2.05, 4.69) is 153 Å². The average molecular weight is 714 g/mol. The van der Waals surface area contributed by atoms with E-state index in [0.717, 1.165) is 50.4 Å². The topological polar surface area (TPSA) is 12.5 Å². The SMILES string of the molecule is CC1(C)c2ccccc2-c2ccc(N(c3ccc4c(c3)C(C)(C)c3cccc(-c5ccc(OC(F)(F)F)cc5)c3-4)c3ccccc3-c3ccccc3)cc21. The second-order valence-corrected chi connectivity index (χ2v) is 15.3. The Bertz CT molecular complexity index is 2570. The molecule has 2 aliphatic carbocycles. The zero-order valence-electron chi connectivity index (χ0n) is 30.5. The quantitative estimate of drug-likeness (QED) is 0.170. The van der Waals surface area contributed by atoms with Gasteiger partial charge in [-0.15, -0.1) is 13.2 Å². The predicted octanol–water partition coefficient (Wildman–Crippen LogP) is 14.0. The molecule has 0 amide bonds. The van der Waals surface area contributed by atoms with Crippen molar-refractivity contribution < 1.29 is 17.9 Å². The van der Waals surface area contributed by atoms with Crippen molar-refractivity contribution in [1.82, 2.24) is 0 Å². The number of fused-ring (bicyclic) bond motifs is 6. The molecule has 0 saturated carbocycles. The fourth-order valence-electron chi connectivity index (χ4n) is 8.78. The molecule has 0 atom stereocenters. The number of para-hydroxylation sites is 1. The lowest BCUT2D eigenvalue weighted by Crippen LogP contribution is -2.18. The maximum absolute atomic E-state index is 12.9. The lowest BCUT2D eigenvalue weighted by Gasteiger charge is -2.31. The molecule has 7 aromatic rings. The smallest absolute Gasteiger partial charge is 0.406 e. The zero-order chi connectivity index (χ0) is 37.4. The summed E-state index contributed by atoms with van der Waals surface area (Å²) in [4.78, 5) is 2.39. The van der Waals surface area contributed by atoms with Gasteiger partial charge in [0.25, 0.3) is 0 Å². The van der Waals surface area contributed by atoms with Gasteiger partial charge in [0.1, 0.15) is 5.75 Å². The third kappa shape index (κ3) is 5.41. The highest BCUT2D eigenvalue weighted by atomic mass is 19.4. The fraction of sp³-hybridized carbons (Fsp3) is 0.143. The van der Waals surface area contributed by atoms with E-state index in [1.165, 1.54) is 45.5 Å². The van der Waals surface area contributed by atoms with Crippen molar-refractivity contribution in [2.45, 2.75) is 44.9 Å². The number of rotatable bonds is 6. The van der Waals surface area contributed by atoms with E-state index >= 15 is 0 Å². The first kappa shape index (κ1) is 33.7. The van der Waals surface area contributed by atoms with Gasteiger partial charge in [0.15, 0.2) is 0 Å². The van der Waals surface area contributed by atoms with E-state index in [-0.39, 0.29) is 16.6 Å². The van der Waals surface area contributed by atoms with Crippen LogP contribution in [0, 0.1) is 0 Å². The highest BCUT2D eigenvalue weighted by molar-refractivity contribution is 5.96. The Labute approximate surface area is 314 Å². The molecule has 0 aliphatic heterocycles. The van der Waals surface area contributed by atoms with Crippen LogP contribution in [0.5, 0.6) is 5.75 Å². The van der Waals surface area contributed by atoms with Gasteiger partial charge in [0.2, 0.25) is 0 Å². The number of benzene rings is 7. The minimum Gasteiger partial charge on any atom is -0.406 e. The number of alkyl halides is 3. The summed E-state index contributed by atoms with van der Waals surface area (Å²) in [6, 6.07) is 53.9. The van der Waals surface area contributed by atoms with E-state index in [1.807, 2.05) is 18.2 Å². The predicted molar refractivity (Wildman–Crippen MR) is 214 cm³/mol. The highest BCUT2D eigenvalue weighted by Gasteiger charge is 2.39. The Morgan fingerprint density at radius 1 is 0.444 bits per heavy atom. The average Bonchev–Trinajstić information content (AvgIpc) is 3.54. The van der Waals surface area contributed by atoms with Crippen LogP contribution in [0.25, 0.3) is 44.5 Å². The molecule has 266 valence electrons. The molecule has 54 heavy (non-hydrogen) atoms. The fourth-order valence-corrected chi connectivity index (χ4v) is 8.78. The summed E-state index contributed by atoms with van der Waals surface area (Å²) in [5, 5.41) is 0. The van der Waals surface area contributed by atoms with Crippen LogP contribution < -0.4 is 9.64 Å². The molecule has 7 aromatic carbocycles. The van der Waals surface area contributed by atoms with Gasteiger partial charge >= 0.3 is 6.36 Å². The summed E-state index contributed by atoms with van der Waals surface area (Å²) >= 11 is 0. The minimum absolute atomic E-state index is 0.165. The summed E-state index contributed by atoms with van der Waals surface area (Å²) in [5.74, 6) is -0.237. The molecule has 0 saturated heterocycles. The number of hydrogen-bond donors (Lipinski definition) is 0. The molecule has 2 aliphatic rings. The molecule has 9 rings (SSSR count). The summed E-state index contributed by atoms with van der Waals surface area (Å²) < 4.78 is 43.0. The van der Waals surface area contributed by atoms with E-state index < -0.39 is 6.36 Å². The molecular formula is C49H38F3NO. The van der Waals surface area contributed by atoms with Gasteiger partial charge in [-0.2, -0.15) is 0 Å². The summed E-state index contributed by atoms with van der Waals surface area (Å²) in [6.07, 6.45) is -4.74. The number of ether oxygens (including phenoxy) is 1. The maximum Gasteiger partial charge on any atom is 0.573 e. The first-order valence-electron chi connectivity index (χ1n) is 18.3. The molecule has 5 heteroatoms. The van der Waals surface area contributed by atoms with Crippen LogP contribution in [0.3, 0.4) is 0 Å². The summed E-state index contributed by atoms with van der Waals surface area (Å²) in [7, 11) is 0. The van der Waals surface area contributed by atoms with Gasteiger partial charge in [0, 0.05) is 27.8 Å². The van der Waals surface area contributed by atoms with E-state index in [0.29, 0.717) is 0 Å². The first-order valence-corrected chi connectivity index (χ1v) is 18.3. The van der Waals surface area contributed by atoms with Gasteiger partial charge in [-0.3, -0.25) is 0 Å². The van der Waals surface area contributed by atoms with E-state index in [1.54, 1.807) is 12.1 Å². The Kier molecular flexibility index (Phi) is 7.65. The molecular weight excluding hydrogens is 676 g/mol. The van der Waals surface area contributed by atoms with Crippen LogP contribution >= 0.6 is 0 Å². The van der Waals surface area contributed by atoms with Crippen LogP contribution in [0.15, 0.2) is 158 Å². The zero-order valence-corrected chi connectivity index (χ0v) is 30.5. The monoisotopic (exact) mass is 713 g/mol. The van der Waals surface area contributed by atoms with Gasteiger partial charge in [-0.1, -0.05) is 143 Å². The maximum atomic E-state index is 12.9. The van der Waals surface area contributed by atoms with Crippen molar-refractivity contribution in [2.24, 2.45) is 0 Å². The first-order chi connectivity index (χ1) is 25.9. The van der Waals surface area contributed by atoms with Crippen molar-refractivity contribution in [1.29, 1.82) is 0 Å². The lowest BCUT2D eigenvalue weighted by atomic mass is 9.81. The van der Waals surface area contributed by atoms with Crippen molar-refractivity contribution in [2.75, 3.05) is 4.90 Å².